The zero-order chi connectivity index (χ0) is 21.5. The third kappa shape index (κ3) is 5.48. The van der Waals surface area contributed by atoms with E-state index in [1.54, 1.807) is 24.3 Å². The largest absolute Gasteiger partial charge is 0.485 e. The van der Waals surface area contributed by atoms with Gasteiger partial charge < -0.3 is 14.6 Å². The first-order valence-electron chi connectivity index (χ1n) is 9.62. The zero-order valence-corrected chi connectivity index (χ0v) is 18.0. The summed E-state index contributed by atoms with van der Waals surface area (Å²) in [6.45, 7) is 6.49. The van der Waals surface area contributed by atoms with E-state index in [1.807, 2.05) is 42.7 Å². The average Bonchev–Trinajstić information content (AvgIpc) is 3.14. The highest BCUT2D eigenvalue weighted by Gasteiger charge is 2.14. The first-order chi connectivity index (χ1) is 14.5. The summed E-state index contributed by atoms with van der Waals surface area (Å²) >= 11 is 1.32. The molecule has 1 aromatic heterocycles. The van der Waals surface area contributed by atoms with E-state index >= 15 is 0 Å². The lowest BCUT2D eigenvalue weighted by molar-refractivity contribution is -0.113. The van der Waals surface area contributed by atoms with Gasteiger partial charge in [0.2, 0.25) is 5.91 Å². The second-order valence-corrected chi connectivity index (χ2v) is 7.61. The van der Waals surface area contributed by atoms with Crippen molar-refractivity contribution in [3.63, 3.8) is 0 Å². The molecule has 1 heterocycles. The molecule has 3 aromatic rings. The van der Waals surface area contributed by atoms with Gasteiger partial charge in [-0.25, -0.2) is 0 Å². The van der Waals surface area contributed by atoms with Gasteiger partial charge in [-0.05, 0) is 56.7 Å². The van der Waals surface area contributed by atoms with Gasteiger partial charge in [-0.1, -0.05) is 30.0 Å². The monoisotopic (exact) mass is 424 g/mol. The van der Waals surface area contributed by atoms with Gasteiger partial charge in [-0.2, -0.15) is 0 Å². The van der Waals surface area contributed by atoms with Gasteiger partial charge in [0.05, 0.1) is 5.75 Å². The summed E-state index contributed by atoms with van der Waals surface area (Å²) in [6.07, 6.45) is 0. The van der Waals surface area contributed by atoms with Crippen LogP contribution in [0, 0.1) is 6.92 Å². The Bertz CT molecular complexity index is 1030. The lowest BCUT2D eigenvalue weighted by Crippen LogP contribution is -2.15. The molecular weight excluding hydrogens is 400 g/mol. The third-order valence-electron chi connectivity index (χ3n) is 4.47. The van der Waals surface area contributed by atoms with Gasteiger partial charge in [0.25, 0.3) is 0 Å². The number of anilines is 1. The van der Waals surface area contributed by atoms with Crippen LogP contribution >= 0.6 is 11.8 Å². The molecular formula is C22H24N4O3S. The summed E-state index contributed by atoms with van der Waals surface area (Å²) in [5.74, 6) is 1.56. The number of thioether (sulfide) groups is 1. The standard InChI is InChI=1S/C22H24N4O3S/c1-4-26-20(13-29-19-8-6-5-7-15(19)2)24-25-22(26)30-14-21(28)23-18-11-9-17(10-12-18)16(3)27/h5-12H,4,13-14H2,1-3H3,(H,23,28). The summed E-state index contributed by atoms with van der Waals surface area (Å²) in [6, 6.07) is 14.6. The highest BCUT2D eigenvalue weighted by molar-refractivity contribution is 7.99. The molecule has 0 aliphatic heterocycles. The van der Waals surface area contributed by atoms with E-state index in [0.29, 0.717) is 35.4 Å². The summed E-state index contributed by atoms with van der Waals surface area (Å²) in [5, 5.41) is 11.9. The van der Waals surface area contributed by atoms with Crippen molar-refractivity contribution in [1.29, 1.82) is 0 Å². The Hall–Kier alpha value is -3.13. The number of Topliss-reactive ketones (excluding diaryl/α,β-unsaturated/α-hetero) is 1. The van der Waals surface area contributed by atoms with Crippen LogP contribution in [0.4, 0.5) is 5.69 Å². The van der Waals surface area contributed by atoms with Crippen LogP contribution in [-0.2, 0) is 17.9 Å². The third-order valence-corrected chi connectivity index (χ3v) is 5.43. The normalized spacial score (nSPS) is 10.6. The minimum absolute atomic E-state index is 0.00968. The molecule has 3 rings (SSSR count). The van der Waals surface area contributed by atoms with E-state index in [0.717, 1.165) is 11.3 Å². The lowest BCUT2D eigenvalue weighted by Gasteiger charge is -2.10. The SMILES string of the molecule is CCn1c(COc2ccccc2C)nnc1SCC(=O)Nc1ccc(C(C)=O)cc1. The Morgan fingerprint density at radius 1 is 1.10 bits per heavy atom. The lowest BCUT2D eigenvalue weighted by atomic mass is 10.1. The number of benzene rings is 2. The number of rotatable bonds is 9. The number of nitrogens with zero attached hydrogens (tertiary/aromatic N) is 3. The van der Waals surface area contributed by atoms with Crippen molar-refractivity contribution < 1.29 is 14.3 Å². The fraction of sp³-hybridized carbons (Fsp3) is 0.273. The number of aromatic nitrogens is 3. The highest BCUT2D eigenvalue weighted by atomic mass is 32.2. The van der Waals surface area contributed by atoms with Crippen LogP contribution in [-0.4, -0.2) is 32.2 Å². The van der Waals surface area contributed by atoms with Gasteiger partial charge in [0.15, 0.2) is 16.8 Å². The number of nitrogens with one attached hydrogen (secondary N) is 1. The summed E-state index contributed by atoms with van der Waals surface area (Å²) in [5.41, 5.74) is 2.32. The van der Waals surface area contributed by atoms with Crippen LogP contribution in [0.25, 0.3) is 0 Å². The molecule has 2 aromatic carbocycles. The number of ketones is 1. The number of ether oxygens (including phenoxy) is 1. The van der Waals surface area contributed by atoms with Crippen molar-refractivity contribution in [1.82, 2.24) is 14.8 Å². The Balaban J connectivity index is 1.56. The number of carbonyl (C=O) groups excluding carboxylic acids is 2. The summed E-state index contributed by atoms with van der Waals surface area (Å²) in [7, 11) is 0. The van der Waals surface area contributed by atoms with E-state index in [-0.39, 0.29) is 17.4 Å². The maximum Gasteiger partial charge on any atom is 0.234 e. The molecule has 0 atom stereocenters. The molecule has 0 radical (unpaired) electrons. The molecule has 8 heteroatoms. The first kappa shape index (κ1) is 21.6. The topological polar surface area (TPSA) is 86.1 Å². The number of hydrogen-bond acceptors (Lipinski definition) is 6. The molecule has 0 bridgehead atoms. The molecule has 7 nitrogen and oxygen atoms in total. The van der Waals surface area contributed by atoms with Gasteiger partial charge >= 0.3 is 0 Å². The highest BCUT2D eigenvalue weighted by Crippen LogP contribution is 2.21. The Morgan fingerprint density at radius 3 is 2.50 bits per heavy atom. The molecule has 0 unspecified atom stereocenters. The van der Waals surface area contributed by atoms with Gasteiger partial charge in [-0.3, -0.25) is 9.59 Å². The smallest absolute Gasteiger partial charge is 0.234 e. The van der Waals surface area contributed by atoms with Crippen molar-refractivity contribution in [2.45, 2.75) is 39.1 Å². The van der Waals surface area contributed by atoms with Crippen molar-refractivity contribution in [2.75, 3.05) is 11.1 Å². The quantitative estimate of drug-likeness (QED) is 0.411. The minimum Gasteiger partial charge on any atom is -0.485 e. The number of hydrogen-bond donors (Lipinski definition) is 1. The van der Waals surface area contributed by atoms with Gasteiger partial charge in [-0.15, -0.1) is 10.2 Å². The van der Waals surface area contributed by atoms with Crippen LogP contribution in [0.2, 0.25) is 0 Å². The van der Waals surface area contributed by atoms with Gasteiger partial charge in [0.1, 0.15) is 12.4 Å². The van der Waals surface area contributed by atoms with Crippen LogP contribution in [0.15, 0.2) is 53.7 Å². The Kier molecular flexibility index (Phi) is 7.24. The maximum atomic E-state index is 12.3. The van der Waals surface area contributed by atoms with Crippen LogP contribution in [0.5, 0.6) is 5.75 Å². The molecule has 0 aliphatic carbocycles. The first-order valence-corrected chi connectivity index (χ1v) is 10.6. The molecule has 0 aliphatic rings. The molecule has 0 fully saturated rings. The van der Waals surface area contributed by atoms with Gasteiger partial charge in [0, 0.05) is 17.8 Å². The summed E-state index contributed by atoms with van der Waals surface area (Å²) < 4.78 is 7.82. The number of para-hydroxylation sites is 1. The second-order valence-electron chi connectivity index (χ2n) is 6.67. The molecule has 0 saturated heterocycles. The number of amides is 1. The number of aryl methyl sites for hydroxylation is 1. The molecule has 30 heavy (non-hydrogen) atoms. The van der Waals surface area contributed by atoms with E-state index in [4.69, 9.17) is 4.74 Å². The Labute approximate surface area is 179 Å². The van der Waals surface area contributed by atoms with E-state index in [2.05, 4.69) is 15.5 Å². The predicted octanol–water partition coefficient (Wildman–Crippen LogP) is 4.12. The van der Waals surface area contributed by atoms with Crippen LogP contribution in [0.3, 0.4) is 0 Å². The predicted molar refractivity (Wildman–Crippen MR) is 117 cm³/mol. The van der Waals surface area contributed by atoms with Crippen LogP contribution in [0.1, 0.15) is 35.6 Å². The van der Waals surface area contributed by atoms with Crippen molar-refractivity contribution >= 4 is 29.1 Å². The van der Waals surface area contributed by atoms with E-state index < -0.39 is 0 Å². The van der Waals surface area contributed by atoms with E-state index in [1.165, 1.54) is 18.7 Å². The maximum absolute atomic E-state index is 12.3. The molecule has 1 amide bonds. The molecule has 1 N–H and O–H groups in total. The van der Waals surface area contributed by atoms with Crippen molar-refractivity contribution in [2.24, 2.45) is 0 Å². The second kappa shape index (κ2) is 10.1. The zero-order valence-electron chi connectivity index (χ0n) is 17.2. The van der Waals surface area contributed by atoms with E-state index in [9.17, 15) is 9.59 Å². The Morgan fingerprint density at radius 2 is 1.83 bits per heavy atom. The fourth-order valence-corrected chi connectivity index (χ4v) is 3.65. The minimum atomic E-state index is -0.154. The average molecular weight is 425 g/mol. The summed E-state index contributed by atoms with van der Waals surface area (Å²) in [4.78, 5) is 23.6. The van der Waals surface area contributed by atoms with Crippen molar-refractivity contribution in [3.8, 4) is 5.75 Å². The number of carbonyl (C=O) groups is 2. The molecule has 0 saturated carbocycles. The van der Waals surface area contributed by atoms with Crippen molar-refractivity contribution in [3.05, 3.63) is 65.5 Å². The molecule has 156 valence electrons. The molecule has 0 spiro atoms. The van der Waals surface area contributed by atoms with Crippen LogP contribution < -0.4 is 10.1 Å². The fourth-order valence-electron chi connectivity index (χ4n) is 2.83.